The number of hydrogen-bond donors (Lipinski definition) is 2. The molecule has 2 N–H and O–H groups in total. The topological polar surface area (TPSA) is 49.3 Å². The van der Waals surface area contributed by atoms with Crippen molar-refractivity contribution in [2.45, 2.75) is 24.8 Å². The molecule has 0 heterocycles. The number of carboxylic acid groups (broad SMARTS) is 1. The van der Waals surface area contributed by atoms with Gasteiger partial charge in [0.05, 0.1) is 0 Å². The second-order valence-electron chi connectivity index (χ2n) is 5.47. The van der Waals surface area contributed by atoms with Crippen molar-refractivity contribution in [2.75, 3.05) is 5.32 Å². The van der Waals surface area contributed by atoms with Gasteiger partial charge in [-0.3, -0.25) is 0 Å². The van der Waals surface area contributed by atoms with Crippen molar-refractivity contribution in [3.8, 4) is 0 Å². The van der Waals surface area contributed by atoms with Crippen LogP contribution in [0.2, 0.25) is 0 Å². The summed E-state index contributed by atoms with van der Waals surface area (Å²) in [6, 6.07) is 13.8. The summed E-state index contributed by atoms with van der Waals surface area (Å²) < 4.78 is 13.3. The lowest BCUT2D eigenvalue weighted by Crippen LogP contribution is -2.50. The fourth-order valence-corrected chi connectivity index (χ4v) is 2.92. The van der Waals surface area contributed by atoms with E-state index in [0.717, 1.165) is 5.56 Å². The van der Waals surface area contributed by atoms with E-state index in [-0.39, 0.29) is 5.82 Å². The van der Waals surface area contributed by atoms with E-state index in [0.29, 0.717) is 24.9 Å². The summed E-state index contributed by atoms with van der Waals surface area (Å²) in [6.07, 6.45) is 1.58. The Kier molecular flexibility index (Phi) is 3.37. The van der Waals surface area contributed by atoms with Crippen LogP contribution < -0.4 is 5.32 Å². The third-order valence-electron chi connectivity index (χ3n) is 4.05. The number of hydrogen-bond acceptors (Lipinski definition) is 2. The summed E-state index contributed by atoms with van der Waals surface area (Å²) in [4.78, 5) is 11.8. The van der Waals surface area contributed by atoms with Crippen LogP contribution in [0.4, 0.5) is 10.1 Å². The van der Waals surface area contributed by atoms with E-state index in [4.69, 9.17) is 0 Å². The van der Waals surface area contributed by atoms with Crippen LogP contribution in [0.5, 0.6) is 0 Å². The van der Waals surface area contributed by atoms with E-state index in [2.05, 4.69) is 5.32 Å². The Morgan fingerprint density at radius 3 is 2.62 bits per heavy atom. The molecular weight excluding hydrogens is 269 g/mol. The Morgan fingerprint density at radius 1 is 1.14 bits per heavy atom. The molecule has 0 saturated heterocycles. The molecule has 0 fully saturated rings. The minimum Gasteiger partial charge on any atom is -0.479 e. The van der Waals surface area contributed by atoms with Gasteiger partial charge >= 0.3 is 5.97 Å². The van der Waals surface area contributed by atoms with Crippen LogP contribution in [0.25, 0.3) is 0 Å². The fourth-order valence-electron chi connectivity index (χ4n) is 2.92. The molecule has 2 aromatic rings. The highest BCUT2D eigenvalue weighted by Gasteiger charge is 2.41. The van der Waals surface area contributed by atoms with Crippen molar-refractivity contribution >= 4 is 11.7 Å². The molecule has 0 aromatic heterocycles. The van der Waals surface area contributed by atoms with Crippen molar-refractivity contribution in [1.82, 2.24) is 0 Å². The minimum atomic E-state index is -1.08. The van der Waals surface area contributed by atoms with Gasteiger partial charge in [0.15, 0.2) is 0 Å². The third-order valence-corrected chi connectivity index (χ3v) is 4.05. The standard InChI is InChI=1S/C17H16FNO2/c18-14-6-3-7-15(10-14)19-17(16(20)21)9-8-12-4-1-2-5-13(12)11-17/h1-7,10,19H,8-9,11H2,(H,20,21). The molecule has 0 radical (unpaired) electrons. The zero-order valence-electron chi connectivity index (χ0n) is 11.5. The highest BCUT2D eigenvalue weighted by Crippen LogP contribution is 2.32. The Labute approximate surface area is 122 Å². The van der Waals surface area contributed by atoms with Crippen molar-refractivity contribution < 1.29 is 14.3 Å². The first kappa shape index (κ1) is 13.6. The average molecular weight is 285 g/mol. The first-order valence-corrected chi connectivity index (χ1v) is 6.93. The number of carboxylic acids is 1. The lowest BCUT2D eigenvalue weighted by atomic mass is 9.77. The van der Waals surface area contributed by atoms with Crippen LogP contribution in [-0.4, -0.2) is 16.6 Å². The van der Waals surface area contributed by atoms with Crippen LogP contribution in [0.1, 0.15) is 17.5 Å². The quantitative estimate of drug-likeness (QED) is 0.910. The van der Waals surface area contributed by atoms with Gasteiger partial charge in [-0.15, -0.1) is 0 Å². The molecule has 2 aromatic carbocycles. The molecule has 1 aliphatic carbocycles. The van der Waals surface area contributed by atoms with Crippen molar-refractivity contribution in [1.29, 1.82) is 0 Å². The molecule has 1 atom stereocenters. The predicted octanol–water partition coefficient (Wildman–Crippen LogP) is 3.25. The number of aryl methyl sites for hydroxylation is 1. The maximum absolute atomic E-state index is 13.3. The number of aliphatic carboxylic acids is 1. The first-order chi connectivity index (χ1) is 10.1. The van der Waals surface area contributed by atoms with E-state index in [1.54, 1.807) is 12.1 Å². The van der Waals surface area contributed by atoms with Gasteiger partial charge in [-0.05, 0) is 42.2 Å². The number of benzene rings is 2. The molecule has 0 spiro atoms. The normalized spacial score (nSPS) is 20.6. The van der Waals surface area contributed by atoms with E-state index >= 15 is 0 Å². The zero-order valence-corrected chi connectivity index (χ0v) is 11.5. The smallest absolute Gasteiger partial charge is 0.329 e. The summed E-state index contributed by atoms with van der Waals surface area (Å²) in [5.41, 5.74) is 1.64. The van der Waals surface area contributed by atoms with Crippen molar-refractivity contribution in [3.63, 3.8) is 0 Å². The summed E-state index contributed by atoms with van der Waals surface area (Å²) in [6.45, 7) is 0. The summed E-state index contributed by atoms with van der Waals surface area (Å²) in [5.74, 6) is -1.28. The van der Waals surface area contributed by atoms with Crippen LogP contribution in [0, 0.1) is 5.82 Å². The third kappa shape index (κ3) is 2.61. The van der Waals surface area contributed by atoms with Gasteiger partial charge in [-0.2, -0.15) is 0 Å². The van der Waals surface area contributed by atoms with E-state index < -0.39 is 11.5 Å². The molecule has 1 unspecified atom stereocenters. The molecule has 3 rings (SSSR count). The van der Waals surface area contributed by atoms with E-state index in [9.17, 15) is 14.3 Å². The number of anilines is 1. The summed E-state index contributed by atoms with van der Waals surface area (Å²) in [7, 11) is 0. The van der Waals surface area contributed by atoms with Crippen LogP contribution in [0.3, 0.4) is 0 Å². The van der Waals surface area contributed by atoms with Crippen molar-refractivity contribution in [2.24, 2.45) is 0 Å². The Balaban J connectivity index is 1.93. The molecule has 0 amide bonds. The lowest BCUT2D eigenvalue weighted by Gasteiger charge is -2.36. The molecule has 4 heteroatoms. The highest BCUT2D eigenvalue weighted by atomic mass is 19.1. The molecular formula is C17H16FNO2. The zero-order chi connectivity index (χ0) is 14.9. The maximum Gasteiger partial charge on any atom is 0.329 e. The van der Waals surface area contributed by atoms with Gasteiger partial charge in [0.1, 0.15) is 11.4 Å². The molecule has 0 bridgehead atoms. The van der Waals surface area contributed by atoms with Crippen LogP contribution in [0.15, 0.2) is 48.5 Å². The molecule has 0 saturated carbocycles. The Morgan fingerprint density at radius 2 is 1.90 bits per heavy atom. The monoisotopic (exact) mass is 285 g/mol. The largest absolute Gasteiger partial charge is 0.479 e. The Bertz CT molecular complexity index is 686. The number of halogens is 1. The molecule has 108 valence electrons. The number of rotatable bonds is 3. The minimum absolute atomic E-state index is 0.378. The van der Waals surface area contributed by atoms with Gasteiger partial charge in [-0.1, -0.05) is 30.3 Å². The number of nitrogens with one attached hydrogen (secondary N) is 1. The molecule has 1 aliphatic rings. The van der Waals surface area contributed by atoms with Crippen LogP contribution >= 0.6 is 0 Å². The van der Waals surface area contributed by atoms with E-state index in [1.165, 1.54) is 17.7 Å². The van der Waals surface area contributed by atoms with Crippen molar-refractivity contribution in [3.05, 3.63) is 65.5 Å². The summed E-state index contributed by atoms with van der Waals surface area (Å²) >= 11 is 0. The predicted molar refractivity (Wildman–Crippen MR) is 78.9 cm³/mol. The van der Waals surface area contributed by atoms with Gasteiger partial charge in [-0.25, -0.2) is 9.18 Å². The number of carbonyl (C=O) groups is 1. The second kappa shape index (κ2) is 5.20. The molecule has 21 heavy (non-hydrogen) atoms. The lowest BCUT2D eigenvalue weighted by molar-refractivity contribution is -0.142. The summed E-state index contributed by atoms with van der Waals surface area (Å²) in [5, 5.41) is 12.7. The van der Waals surface area contributed by atoms with Gasteiger partial charge in [0.25, 0.3) is 0 Å². The van der Waals surface area contributed by atoms with Gasteiger partial charge < -0.3 is 10.4 Å². The van der Waals surface area contributed by atoms with E-state index in [1.807, 2.05) is 24.3 Å². The van der Waals surface area contributed by atoms with Gasteiger partial charge in [0, 0.05) is 12.1 Å². The maximum atomic E-state index is 13.3. The molecule has 3 nitrogen and oxygen atoms in total. The highest BCUT2D eigenvalue weighted by molar-refractivity contribution is 5.84. The average Bonchev–Trinajstić information content (AvgIpc) is 2.47. The van der Waals surface area contributed by atoms with Gasteiger partial charge in [0.2, 0.25) is 0 Å². The van der Waals surface area contributed by atoms with Crippen LogP contribution in [-0.2, 0) is 17.6 Å². The molecule has 0 aliphatic heterocycles. The number of fused-ring (bicyclic) bond motifs is 1. The second-order valence-corrected chi connectivity index (χ2v) is 5.47. The Hall–Kier alpha value is -2.36. The first-order valence-electron chi connectivity index (χ1n) is 6.93. The SMILES string of the molecule is O=C(O)C1(Nc2cccc(F)c2)CCc2ccccc2C1. The fraction of sp³-hybridized carbons (Fsp3) is 0.235.